The lowest BCUT2D eigenvalue weighted by Crippen LogP contribution is -2.20. The van der Waals surface area contributed by atoms with Crippen LogP contribution in [0.1, 0.15) is 11.1 Å². The fourth-order valence-electron chi connectivity index (χ4n) is 2.83. The Balaban J connectivity index is 1.65. The van der Waals surface area contributed by atoms with E-state index in [0.29, 0.717) is 11.3 Å². The van der Waals surface area contributed by atoms with E-state index < -0.39 is 17.6 Å². The lowest BCUT2D eigenvalue weighted by atomic mass is 10.1. The Labute approximate surface area is 195 Å². The van der Waals surface area contributed by atoms with Crippen molar-refractivity contribution in [1.82, 2.24) is 0 Å². The Morgan fingerprint density at radius 3 is 2.42 bits per heavy atom. The van der Waals surface area contributed by atoms with Crippen LogP contribution in [-0.4, -0.2) is 18.4 Å². The Morgan fingerprint density at radius 1 is 1.06 bits per heavy atom. The zero-order valence-corrected chi connectivity index (χ0v) is 18.3. The van der Waals surface area contributed by atoms with Gasteiger partial charge in [-0.15, -0.1) is 0 Å². The number of carbonyl (C=O) groups excluding carboxylic acids is 2. The van der Waals surface area contributed by atoms with Crippen LogP contribution in [0.15, 0.2) is 72.3 Å². The van der Waals surface area contributed by atoms with Crippen molar-refractivity contribution in [1.29, 1.82) is 5.26 Å². The fourth-order valence-corrected chi connectivity index (χ4v) is 3.08. The molecule has 0 aromatic heterocycles. The van der Waals surface area contributed by atoms with Crippen LogP contribution in [0.5, 0.6) is 5.75 Å². The van der Waals surface area contributed by atoms with Gasteiger partial charge in [0, 0.05) is 5.69 Å². The molecule has 166 valence electrons. The van der Waals surface area contributed by atoms with Crippen LogP contribution in [-0.2, 0) is 9.59 Å². The molecule has 0 radical (unpaired) electrons. The molecule has 0 unspecified atom stereocenters. The molecule has 0 aliphatic rings. The Morgan fingerprint density at radius 2 is 1.76 bits per heavy atom. The van der Waals surface area contributed by atoms with Crippen molar-refractivity contribution in [3.05, 3.63) is 94.3 Å². The predicted octanol–water partition coefficient (Wildman–Crippen LogP) is 5.35. The van der Waals surface area contributed by atoms with E-state index in [1.807, 2.05) is 25.1 Å². The van der Waals surface area contributed by atoms with Crippen LogP contribution in [0.2, 0.25) is 5.02 Å². The zero-order chi connectivity index (χ0) is 23.8. The molecule has 0 heterocycles. The molecule has 0 spiro atoms. The van der Waals surface area contributed by atoms with E-state index in [9.17, 15) is 19.2 Å². The minimum atomic E-state index is -0.556. The van der Waals surface area contributed by atoms with Crippen LogP contribution in [0.25, 0.3) is 6.08 Å². The highest BCUT2D eigenvalue weighted by atomic mass is 35.5. The summed E-state index contributed by atoms with van der Waals surface area (Å²) >= 11 is 6.23. The van der Waals surface area contributed by atoms with E-state index in [1.165, 1.54) is 36.4 Å². The third-order valence-corrected chi connectivity index (χ3v) is 4.83. The molecule has 2 amide bonds. The molecule has 6 nitrogen and oxygen atoms in total. The summed E-state index contributed by atoms with van der Waals surface area (Å²) in [6, 6.07) is 19.5. The average Bonchev–Trinajstić information content (AvgIpc) is 2.80. The molecular weight excluding hydrogens is 445 g/mol. The Bertz CT molecular complexity index is 1270. The normalized spacial score (nSPS) is 10.8. The van der Waals surface area contributed by atoms with Crippen molar-refractivity contribution in [2.45, 2.75) is 6.92 Å². The first-order valence-electron chi connectivity index (χ1n) is 9.83. The predicted molar refractivity (Wildman–Crippen MR) is 125 cm³/mol. The van der Waals surface area contributed by atoms with E-state index in [0.717, 1.165) is 5.56 Å². The zero-order valence-electron chi connectivity index (χ0n) is 17.6. The van der Waals surface area contributed by atoms with Gasteiger partial charge >= 0.3 is 0 Å². The molecule has 0 atom stereocenters. The number of nitrogens with one attached hydrogen (secondary N) is 2. The van der Waals surface area contributed by atoms with Gasteiger partial charge in [-0.25, -0.2) is 4.39 Å². The van der Waals surface area contributed by atoms with Gasteiger partial charge in [0.1, 0.15) is 23.2 Å². The standard InChI is InChI=1S/C25H19ClFN3O3/c1-16-6-2-4-8-21(16)30-25(32)18(14-28)12-17-10-11-23(19(26)13-17)33-15-24(31)29-22-9-5-3-7-20(22)27/h2-13H,15H2,1H3,(H,29,31)(H,30,32). The first-order chi connectivity index (χ1) is 15.9. The molecular formula is C25H19ClFN3O3. The molecule has 0 aliphatic heterocycles. The van der Waals surface area contributed by atoms with Crippen LogP contribution in [0, 0.1) is 24.1 Å². The highest BCUT2D eigenvalue weighted by Crippen LogP contribution is 2.27. The molecule has 3 aromatic rings. The molecule has 0 bridgehead atoms. The maximum absolute atomic E-state index is 13.6. The van der Waals surface area contributed by atoms with Gasteiger partial charge in [0.15, 0.2) is 6.61 Å². The summed E-state index contributed by atoms with van der Waals surface area (Å²) in [5, 5.41) is 14.7. The topological polar surface area (TPSA) is 91.2 Å². The third-order valence-electron chi connectivity index (χ3n) is 4.53. The van der Waals surface area contributed by atoms with E-state index in [-0.39, 0.29) is 28.6 Å². The van der Waals surface area contributed by atoms with Gasteiger partial charge in [0.25, 0.3) is 11.8 Å². The molecule has 8 heteroatoms. The van der Waals surface area contributed by atoms with Crippen molar-refractivity contribution in [3.63, 3.8) is 0 Å². The van der Waals surface area contributed by atoms with Crippen LogP contribution in [0.3, 0.4) is 0 Å². The number of hydrogen-bond acceptors (Lipinski definition) is 4. The fraction of sp³-hybridized carbons (Fsp3) is 0.0800. The Hall–Kier alpha value is -4.15. The van der Waals surface area contributed by atoms with Crippen molar-refractivity contribution >= 4 is 40.9 Å². The molecule has 2 N–H and O–H groups in total. The highest BCUT2D eigenvalue weighted by molar-refractivity contribution is 6.32. The van der Waals surface area contributed by atoms with E-state index in [2.05, 4.69) is 10.6 Å². The number of carbonyl (C=O) groups is 2. The van der Waals surface area contributed by atoms with E-state index in [1.54, 1.807) is 24.3 Å². The maximum atomic E-state index is 13.6. The highest BCUT2D eigenvalue weighted by Gasteiger charge is 2.12. The summed E-state index contributed by atoms with van der Waals surface area (Å²) in [6.45, 7) is 1.46. The lowest BCUT2D eigenvalue weighted by molar-refractivity contribution is -0.118. The summed E-state index contributed by atoms with van der Waals surface area (Å²) in [7, 11) is 0. The van der Waals surface area contributed by atoms with Crippen LogP contribution < -0.4 is 15.4 Å². The van der Waals surface area contributed by atoms with Gasteiger partial charge in [-0.3, -0.25) is 9.59 Å². The van der Waals surface area contributed by atoms with Gasteiger partial charge in [0.05, 0.1) is 10.7 Å². The quantitative estimate of drug-likeness (QED) is 0.365. The smallest absolute Gasteiger partial charge is 0.266 e. The van der Waals surface area contributed by atoms with Crippen molar-refractivity contribution in [2.75, 3.05) is 17.2 Å². The van der Waals surface area contributed by atoms with Crippen molar-refractivity contribution in [2.24, 2.45) is 0 Å². The molecule has 0 saturated carbocycles. The number of nitrogens with zero attached hydrogens (tertiary/aromatic N) is 1. The summed E-state index contributed by atoms with van der Waals surface area (Å²) < 4.78 is 19.0. The monoisotopic (exact) mass is 463 g/mol. The third kappa shape index (κ3) is 6.42. The summed E-state index contributed by atoms with van der Waals surface area (Å²) in [4.78, 5) is 24.5. The average molecular weight is 464 g/mol. The maximum Gasteiger partial charge on any atom is 0.266 e. The first kappa shape index (κ1) is 23.5. The summed E-state index contributed by atoms with van der Waals surface area (Å²) in [6.07, 6.45) is 1.40. The van der Waals surface area contributed by atoms with Gasteiger partial charge in [-0.2, -0.15) is 5.26 Å². The number of aryl methyl sites for hydroxylation is 1. The number of para-hydroxylation sites is 2. The Kier molecular flexibility index (Phi) is 7.79. The van der Waals surface area contributed by atoms with Crippen LogP contribution >= 0.6 is 11.6 Å². The summed E-state index contributed by atoms with van der Waals surface area (Å²) in [5.41, 5.74) is 1.92. The summed E-state index contributed by atoms with van der Waals surface area (Å²) in [5.74, 6) is -1.44. The number of rotatable bonds is 7. The van der Waals surface area contributed by atoms with E-state index in [4.69, 9.17) is 16.3 Å². The largest absolute Gasteiger partial charge is 0.482 e. The van der Waals surface area contributed by atoms with Crippen molar-refractivity contribution in [3.8, 4) is 11.8 Å². The van der Waals surface area contributed by atoms with Gasteiger partial charge in [-0.1, -0.05) is 48.0 Å². The number of amides is 2. The molecule has 33 heavy (non-hydrogen) atoms. The van der Waals surface area contributed by atoms with Gasteiger partial charge in [-0.05, 0) is 54.5 Å². The SMILES string of the molecule is Cc1ccccc1NC(=O)C(C#N)=Cc1ccc(OCC(=O)Nc2ccccc2F)c(Cl)c1. The number of benzene rings is 3. The second kappa shape index (κ2) is 10.9. The van der Waals surface area contributed by atoms with Crippen molar-refractivity contribution < 1.29 is 18.7 Å². The molecule has 0 aliphatic carbocycles. The first-order valence-corrected chi connectivity index (χ1v) is 10.2. The number of hydrogen-bond donors (Lipinski definition) is 2. The molecule has 3 aromatic carbocycles. The van der Waals surface area contributed by atoms with Gasteiger partial charge in [0.2, 0.25) is 0 Å². The van der Waals surface area contributed by atoms with E-state index >= 15 is 0 Å². The number of anilines is 2. The molecule has 0 saturated heterocycles. The number of nitriles is 1. The second-order valence-electron chi connectivity index (χ2n) is 6.95. The number of halogens is 2. The minimum Gasteiger partial charge on any atom is -0.482 e. The lowest BCUT2D eigenvalue weighted by Gasteiger charge is -2.10. The second-order valence-corrected chi connectivity index (χ2v) is 7.35. The molecule has 0 fully saturated rings. The molecule has 3 rings (SSSR count). The minimum absolute atomic E-state index is 0.0469. The van der Waals surface area contributed by atoms with Crippen LogP contribution in [0.4, 0.5) is 15.8 Å². The number of ether oxygens (including phenoxy) is 1. The van der Waals surface area contributed by atoms with Gasteiger partial charge < -0.3 is 15.4 Å².